The second-order valence-electron chi connectivity index (χ2n) is 2.39. The van der Waals surface area contributed by atoms with Gasteiger partial charge in [0.2, 0.25) is 0 Å². The van der Waals surface area contributed by atoms with Crippen molar-refractivity contribution in [2.75, 3.05) is 0 Å². The van der Waals surface area contributed by atoms with Gasteiger partial charge in [-0.2, -0.15) is 0 Å². The van der Waals surface area contributed by atoms with Crippen LogP contribution in [-0.2, 0) is 0 Å². The third-order valence-electron chi connectivity index (χ3n) is 1.36. The Balaban J connectivity index is 0.000000160. The Bertz CT molecular complexity index is 405. The molecule has 0 aromatic carbocycles. The minimum Gasteiger partial charge on any atom is -0.358 e. The van der Waals surface area contributed by atoms with Gasteiger partial charge in [0.05, 0.1) is 0 Å². The molecule has 16 heavy (non-hydrogen) atoms. The summed E-state index contributed by atoms with van der Waals surface area (Å²) < 4.78 is 0. The summed E-state index contributed by atoms with van der Waals surface area (Å²) in [5.74, 6) is -0.157. The molecule has 0 unspecified atom stereocenters. The molecule has 0 aliphatic rings. The first-order valence-corrected chi connectivity index (χ1v) is 3.87. The first-order valence-electron chi connectivity index (χ1n) is 3.87. The fourth-order valence-electron chi connectivity index (χ4n) is 0.697. The van der Waals surface area contributed by atoms with E-state index in [1.807, 2.05) is 0 Å². The lowest BCUT2D eigenvalue weighted by molar-refractivity contribution is -0.389. The Hall–Kier alpha value is -2.78. The van der Waals surface area contributed by atoms with Gasteiger partial charge in [0.1, 0.15) is 12.4 Å². The molecular formula is C6H6N6O4. The molecule has 0 saturated carbocycles. The van der Waals surface area contributed by atoms with E-state index in [4.69, 9.17) is 0 Å². The average molecular weight is 226 g/mol. The largest absolute Gasteiger partial charge is 0.358 e. The molecule has 84 valence electrons. The Morgan fingerprint density at radius 3 is 1.44 bits per heavy atom. The van der Waals surface area contributed by atoms with E-state index in [0.717, 1.165) is 12.4 Å². The summed E-state index contributed by atoms with van der Waals surface area (Å²) in [6.45, 7) is 0. The molecule has 2 aromatic rings. The van der Waals surface area contributed by atoms with E-state index in [0.29, 0.717) is 0 Å². The number of aromatic nitrogens is 4. The highest BCUT2D eigenvalue weighted by Crippen LogP contribution is 2.00. The van der Waals surface area contributed by atoms with Crippen molar-refractivity contribution in [1.29, 1.82) is 0 Å². The van der Waals surface area contributed by atoms with Crippen LogP contribution in [0.4, 0.5) is 11.6 Å². The van der Waals surface area contributed by atoms with E-state index >= 15 is 0 Å². The minimum absolute atomic E-state index is 0.0787. The van der Waals surface area contributed by atoms with Gasteiger partial charge in [0, 0.05) is 0 Å². The lowest BCUT2D eigenvalue weighted by Gasteiger charge is -1.83. The third kappa shape index (κ3) is 3.17. The molecule has 0 radical (unpaired) electrons. The molecular weight excluding hydrogens is 220 g/mol. The predicted molar refractivity (Wildman–Crippen MR) is 50.5 cm³/mol. The monoisotopic (exact) mass is 226 g/mol. The second kappa shape index (κ2) is 5.19. The van der Waals surface area contributed by atoms with Crippen molar-refractivity contribution in [2.45, 2.75) is 0 Å². The van der Waals surface area contributed by atoms with Gasteiger partial charge in [-0.05, 0) is 9.85 Å². The predicted octanol–water partition coefficient (Wildman–Crippen LogP) is 0.636. The SMILES string of the molecule is O=[N+]([O-])c1cnc[nH]1.O=[N+]([O-])c1cnc[nH]1. The highest BCUT2D eigenvalue weighted by molar-refractivity contribution is 5.10. The number of nitro groups is 2. The van der Waals surface area contributed by atoms with Gasteiger partial charge in [-0.3, -0.25) is 0 Å². The van der Waals surface area contributed by atoms with Crippen molar-refractivity contribution in [2.24, 2.45) is 0 Å². The molecule has 0 amide bonds. The Kier molecular flexibility index (Phi) is 3.66. The summed E-state index contributed by atoms with van der Waals surface area (Å²) in [5.41, 5.74) is 0. The van der Waals surface area contributed by atoms with Crippen molar-refractivity contribution in [1.82, 2.24) is 19.9 Å². The Morgan fingerprint density at radius 2 is 1.31 bits per heavy atom. The van der Waals surface area contributed by atoms with Crippen molar-refractivity contribution in [3.63, 3.8) is 0 Å². The fraction of sp³-hybridized carbons (Fsp3) is 0. The topological polar surface area (TPSA) is 144 Å². The van der Waals surface area contributed by atoms with Gasteiger partial charge in [-0.25, -0.2) is 19.9 Å². The second-order valence-corrected chi connectivity index (χ2v) is 2.39. The summed E-state index contributed by atoms with van der Waals surface area (Å²) in [7, 11) is 0. The first kappa shape index (κ1) is 11.3. The Labute approximate surface area is 87.7 Å². The summed E-state index contributed by atoms with van der Waals surface area (Å²) in [6.07, 6.45) is 4.83. The number of aromatic amines is 2. The molecule has 0 saturated heterocycles. The summed E-state index contributed by atoms with van der Waals surface area (Å²) in [6, 6.07) is 0. The summed E-state index contributed by atoms with van der Waals surface area (Å²) in [5, 5.41) is 19.6. The van der Waals surface area contributed by atoms with E-state index in [-0.39, 0.29) is 11.6 Å². The average Bonchev–Trinajstić information content (AvgIpc) is 2.93. The summed E-state index contributed by atoms with van der Waals surface area (Å²) >= 11 is 0. The van der Waals surface area contributed by atoms with Crippen LogP contribution in [0.15, 0.2) is 25.0 Å². The Morgan fingerprint density at radius 1 is 0.938 bits per heavy atom. The maximum Gasteiger partial charge on any atom is 0.340 e. The molecule has 0 aliphatic carbocycles. The number of hydrogen-bond acceptors (Lipinski definition) is 6. The smallest absolute Gasteiger partial charge is 0.340 e. The van der Waals surface area contributed by atoms with Crippen LogP contribution in [0.5, 0.6) is 0 Å². The molecule has 10 heteroatoms. The van der Waals surface area contributed by atoms with Crippen LogP contribution in [0.1, 0.15) is 0 Å². The number of imidazole rings is 2. The van der Waals surface area contributed by atoms with Crippen LogP contribution < -0.4 is 0 Å². The normalized spacial score (nSPS) is 9.00. The number of H-pyrrole nitrogens is 2. The van der Waals surface area contributed by atoms with Crippen molar-refractivity contribution < 1.29 is 9.85 Å². The van der Waals surface area contributed by atoms with E-state index in [2.05, 4.69) is 19.9 Å². The molecule has 0 spiro atoms. The lowest BCUT2D eigenvalue weighted by Crippen LogP contribution is -1.85. The van der Waals surface area contributed by atoms with Gasteiger partial charge >= 0.3 is 11.6 Å². The first-order chi connectivity index (χ1) is 7.61. The van der Waals surface area contributed by atoms with E-state index < -0.39 is 9.85 Å². The number of rotatable bonds is 2. The van der Waals surface area contributed by atoms with Gasteiger partial charge < -0.3 is 20.2 Å². The number of nitrogens with zero attached hydrogens (tertiary/aromatic N) is 4. The third-order valence-corrected chi connectivity index (χ3v) is 1.36. The zero-order valence-corrected chi connectivity index (χ0v) is 7.73. The number of hydrogen-bond donors (Lipinski definition) is 2. The van der Waals surface area contributed by atoms with Gasteiger partial charge in [0.15, 0.2) is 12.7 Å². The molecule has 0 bridgehead atoms. The van der Waals surface area contributed by atoms with Crippen molar-refractivity contribution >= 4 is 11.6 Å². The molecule has 0 aliphatic heterocycles. The minimum atomic E-state index is -0.535. The van der Waals surface area contributed by atoms with Crippen LogP contribution in [-0.4, -0.2) is 29.8 Å². The zero-order chi connectivity index (χ0) is 12.0. The molecule has 0 fully saturated rings. The van der Waals surface area contributed by atoms with E-state index in [1.165, 1.54) is 12.7 Å². The van der Waals surface area contributed by atoms with Crippen LogP contribution in [0, 0.1) is 20.2 Å². The highest BCUT2D eigenvalue weighted by atomic mass is 16.6. The zero-order valence-electron chi connectivity index (χ0n) is 7.73. The van der Waals surface area contributed by atoms with Gasteiger partial charge in [-0.15, -0.1) is 0 Å². The van der Waals surface area contributed by atoms with E-state index in [1.54, 1.807) is 0 Å². The standard InChI is InChI=1S/2C3H3N3O2/c2*7-6(8)3-1-4-2-5-3/h2*1-2H,(H,4,5). The van der Waals surface area contributed by atoms with Crippen molar-refractivity contribution in [3.8, 4) is 0 Å². The van der Waals surface area contributed by atoms with Gasteiger partial charge in [-0.1, -0.05) is 0 Å². The van der Waals surface area contributed by atoms with Gasteiger partial charge in [0.25, 0.3) is 0 Å². The maximum absolute atomic E-state index is 9.80. The molecule has 2 N–H and O–H groups in total. The van der Waals surface area contributed by atoms with Crippen LogP contribution in [0.2, 0.25) is 0 Å². The molecule has 2 heterocycles. The molecule has 10 nitrogen and oxygen atoms in total. The van der Waals surface area contributed by atoms with Crippen LogP contribution >= 0.6 is 0 Å². The molecule has 2 aromatic heterocycles. The summed E-state index contributed by atoms with van der Waals surface area (Å²) in [4.78, 5) is 30.1. The van der Waals surface area contributed by atoms with Crippen molar-refractivity contribution in [3.05, 3.63) is 45.3 Å². The van der Waals surface area contributed by atoms with Crippen LogP contribution in [0.3, 0.4) is 0 Å². The highest BCUT2D eigenvalue weighted by Gasteiger charge is 1.99. The molecule has 2 rings (SSSR count). The number of nitrogens with one attached hydrogen (secondary N) is 2. The molecule has 0 atom stereocenters. The van der Waals surface area contributed by atoms with Crippen LogP contribution in [0.25, 0.3) is 0 Å². The fourth-order valence-corrected chi connectivity index (χ4v) is 0.697. The quantitative estimate of drug-likeness (QED) is 0.567. The van der Waals surface area contributed by atoms with E-state index in [9.17, 15) is 20.2 Å². The lowest BCUT2D eigenvalue weighted by atomic mass is 10.8. The maximum atomic E-state index is 9.80.